The van der Waals surface area contributed by atoms with Crippen molar-refractivity contribution in [3.05, 3.63) is 41.9 Å². The molecule has 1 saturated carbocycles. The summed E-state index contributed by atoms with van der Waals surface area (Å²) in [7, 11) is 4.70. The Kier molecular flexibility index (Phi) is 5.40. The Balaban J connectivity index is 1.83. The van der Waals surface area contributed by atoms with E-state index in [1.54, 1.807) is 27.6 Å². The van der Waals surface area contributed by atoms with Crippen LogP contribution < -0.4 is 14.2 Å². The van der Waals surface area contributed by atoms with Gasteiger partial charge in [0.15, 0.2) is 11.5 Å². The van der Waals surface area contributed by atoms with Gasteiger partial charge in [-0.25, -0.2) is 0 Å². The van der Waals surface area contributed by atoms with Crippen molar-refractivity contribution in [1.29, 1.82) is 0 Å². The van der Waals surface area contributed by atoms with Crippen LogP contribution in [0.5, 0.6) is 17.2 Å². The highest BCUT2D eigenvalue weighted by atomic mass is 16.5. The van der Waals surface area contributed by atoms with Crippen LogP contribution in [0.4, 0.5) is 0 Å². The minimum atomic E-state index is -0.0907. The molecule has 1 aromatic carbocycles. The molecule has 3 rings (SSSR count). The Morgan fingerprint density at radius 2 is 1.85 bits per heavy atom. The summed E-state index contributed by atoms with van der Waals surface area (Å²) in [6, 6.07) is 7.59. The summed E-state index contributed by atoms with van der Waals surface area (Å²) in [6.45, 7) is 2.00. The summed E-state index contributed by atoms with van der Waals surface area (Å²) >= 11 is 0. The molecule has 0 unspecified atom stereocenters. The van der Waals surface area contributed by atoms with Gasteiger partial charge in [0.2, 0.25) is 11.7 Å². The van der Waals surface area contributed by atoms with E-state index in [9.17, 15) is 4.79 Å². The van der Waals surface area contributed by atoms with E-state index in [4.69, 9.17) is 18.6 Å². The first-order valence-corrected chi connectivity index (χ1v) is 8.72. The fourth-order valence-electron chi connectivity index (χ4n) is 3.26. The lowest BCUT2D eigenvalue weighted by atomic mass is 10.1. The van der Waals surface area contributed by atoms with Crippen molar-refractivity contribution in [3.8, 4) is 17.2 Å². The van der Waals surface area contributed by atoms with Gasteiger partial charge in [0.1, 0.15) is 5.76 Å². The molecule has 1 atom stereocenters. The molecule has 1 aromatic heterocycles. The number of amides is 1. The van der Waals surface area contributed by atoms with Gasteiger partial charge in [0, 0.05) is 6.04 Å². The summed E-state index contributed by atoms with van der Waals surface area (Å²) in [6.07, 6.45) is 3.97. The maximum Gasteiger partial charge on any atom is 0.227 e. The zero-order chi connectivity index (χ0) is 18.7. The molecule has 1 fully saturated rings. The lowest BCUT2D eigenvalue weighted by Crippen LogP contribution is -2.36. The van der Waals surface area contributed by atoms with E-state index in [1.807, 2.05) is 36.1 Å². The van der Waals surface area contributed by atoms with Crippen molar-refractivity contribution in [2.75, 3.05) is 21.3 Å². The van der Waals surface area contributed by atoms with E-state index in [-0.39, 0.29) is 24.4 Å². The Bertz CT molecular complexity index is 727. The van der Waals surface area contributed by atoms with Crippen molar-refractivity contribution in [1.82, 2.24) is 4.90 Å². The minimum absolute atomic E-state index is 0.0608. The van der Waals surface area contributed by atoms with Gasteiger partial charge >= 0.3 is 0 Å². The fourth-order valence-corrected chi connectivity index (χ4v) is 3.26. The van der Waals surface area contributed by atoms with E-state index in [0.717, 1.165) is 24.2 Å². The number of furan rings is 1. The number of methoxy groups -OCH3 is 3. The molecular formula is C20H25NO5. The Hall–Kier alpha value is -2.63. The first-order chi connectivity index (χ1) is 12.6. The molecule has 0 aliphatic heterocycles. The van der Waals surface area contributed by atoms with Crippen molar-refractivity contribution in [2.45, 2.75) is 38.3 Å². The van der Waals surface area contributed by atoms with Crippen LogP contribution in [0.2, 0.25) is 0 Å². The lowest BCUT2D eigenvalue weighted by Gasteiger charge is -2.28. The smallest absolute Gasteiger partial charge is 0.227 e. The molecule has 0 N–H and O–H groups in total. The Labute approximate surface area is 153 Å². The van der Waals surface area contributed by atoms with Gasteiger partial charge < -0.3 is 23.5 Å². The predicted molar refractivity (Wildman–Crippen MR) is 96.8 cm³/mol. The van der Waals surface area contributed by atoms with Gasteiger partial charge in [0.25, 0.3) is 0 Å². The number of hydrogen-bond donors (Lipinski definition) is 0. The second-order valence-electron chi connectivity index (χ2n) is 6.43. The third-order valence-electron chi connectivity index (χ3n) is 4.68. The molecule has 0 saturated heterocycles. The third kappa shape index (κ3) is 3.64. The van der Waals surface area contributed by atoms with Crippen LogP contribution in [-0.2, 0) is 11.2 Å². The molecule has 6 heteroatoms. The molecule has 1 amide bonds. The maximum atomic E-state index is 13.1. The van der Waals surface area contributed by atoms with Gasteiger partial charge in [-0.1, -0.05) is 0 Å². The van der Waals surface area contributed by atoms with Crippen molar-refractivity contribution < 1.29 is 23.4 Å². The normalized spacial score (nSPS) is 14.6. The second-order valence-corrected chi connectivity index (χ2v) is 6.43. The van der Waals surface area contributed by atoms with E-state index in [1.165, 1.54) is 0 Å². The van der Waals surface area contributed by atoms with E-state index >= 15 is 0 Å². The zero-order valence-electron chi connectivity index (χ0n) is 15.7. The van der Waals surface area contributed by atoms with Crippen LogP contribution in [0.15, 0.2) is 34.9 Å². The zero-order valence-corrected chi connectivity index (χ0v) is 15.7. The highest BCUT2D eigenvalue weighted by Crippen LogP contribution is 2.39. The number of benzene rings is 1. The average molecular weight is 359 g/mol. The molecule has 0 radical (unpaired) electrons. The SMILES string of the molecule is COc1cc(CC(=O)N(C2CC2)[C@H](C)c2ccco2)cc(OC)c1OC. The van der Waals surface area contributed by atoms with E-state index in [2.05, 4.69) is 0 Å². The molecule has 0 spiro atoms. The summed E-state index contributed by atoms with van der Waals surface area (Å²) in [5.41, 5.74) is 0.821. The van der Waals surface area contributed by atoms with Crippen LogP contribution in [0, 0.1) is 0 Å². The molecule has 0 bridgehead atoms. The summed E-state index contributed by atoms with van der Waals surface area (Å²) < 4.78 is 21.6. The van der Waals surface area contributed by atoms with Crippen molar-refractivity contribution >= 4 is 5.91 Å². The lowest BCUT2D eigenvalue weighted by molar-refractivity contribution is -0.133. The number of hydrogen-bond acceptors (Lipinski definition) is 5. The topological polar surface area (TPSA) is 61.1 Å². The Morgan fingerprint density at radius 1 is 1.19 bits per heavy atom. The fraction of sp³-hybridized carbons (Fsp3) is 0.450. The molecule has 1 aliphatic carbocycles. The van der Waals surface area contributed by atoms with Crippen LogP contribution in [0.1, 0.15) is 37.1 Å². The molecule has 140 valence electrons. The van der Waals surface area contributed by atoms with Gasteiger partial charge in [-0.3, -0.25) is 4.79 Å². The highest BCUT2D eigenvalue weighted by molar-refractivity contribution is 5.80. The monoisotopic (exact) mass is 359 g/mol. The standard InChI is InChI=1S/C20H25NO5/c1-13(16-6-5-9-26-16)21(15-7-8-15)19(22)12-14-10-17(23-2)20(25-4)18(11-14)24-3/h5-6,9-11,13,15H,7-8,12H2,1-4H3/t13-/m1/s1. The molecule has 2 aromatic rings. The van der Waals surface area contributed by atoms with Crippen LogP contribution in [0.25, 0.3) is 0 Å². The second kappa shape index (κ2) is 7.72. The summed E-state index contributed by atoms with van der Waals surface area (Å²) in [4.78, 5) is 15.0. The largest absolute Gasteiger partial charge is 0.493 e. The predicted octanol–water partition coefficient (Wildman–Crippen LogP) is 3.60. The maximum absolute atomic E-state index is 13.1. The van der Waals surface area contributed by atoms with Crippen molar-refractivity contribution in [2.24, 2.45) is 0 Å². The van der Waals surface area contributed by atoms with E-state index < -0.39 is 0 Å². The molecule has 6 nitrogen and oxygen atoms in total. The number of carbonyl (C=O) groups excluding carboxylic acids is 1. The van der Waals surface area contributed by atoms with Crippen molar-refractivity contribution in [3.63, 3.8) is 0 Å². The highest BCUT2D eigenvalue weighted by Gasteiger charge is 2.37. The third-order valence-corrected chi connectivity index (χ3v) is 4.68. The van der Waals surface area contributed by atoms with Gasteiger partial charge in [-0.2, -0.15) is 0 Å². The van der Waals surface area contributed by atoms with E-state index in [0.29, 0.717) is 17.2 Å². The number of ether oxygens (including phenoxy) is 3. The first-order valence-electron chi connectivity index (χ1n) is 8.72. The number of nitrogens with zero attached hydrogens (tertiary/aromatic N) is 1. The number of carbonyl (C=O) groups is 1. The first kappa shape index (κ1) is 18.2. The molecule has 1 aliphatic rings. The quantitative estimate of drug-likeness (QED) is 0.721. The molecule has 1 heterocycles. The minimum Gasteiger partial charge on any atom is -0.493 e. The molecular weight excluding hydrogens is 334 g/mol. The van der Waals surface area contributed by atoms with Gasteiger partial charge in [0.05, 0.1) is 40.1 Å². The number of rotatable bonds is 8. The summed E-state index contributed by atoms with van der Waals surface area (Å²) in [5, 5.41) is 0. The van der Waals surface area contributed by atoms with Gasteiger partial charge in [-0.05, 0) is 49.6 Å². The van der Waals surface area contributed by atoms with Crippen LogP contribution in [0.3, 0.4) is 0 Å². The van der Waals surface area contributed by atoms with Crippen LogP contribution in [-0.4, -0.2) is 38.2 Å². The molecule has 26 heavy (non-hydrogen) atoms. The average Bonchev–Trinajstić information content (AvgIpc) is 3.31. The summed E-state index contributed by atoms with van der Waals surface area (Å²) in [5.74, 6) is 2.48. The van der Waals surface area contributed by atoms with Gasteiger partial charge in [-0.15, -0.1) is 0 Å². The van der Waals surface area contributed by atoms with Crippen LogP contribution >= 0.6 is 0 Å². The Morgan fingerprint density at radius 3 is 2.31 bits per heavy atom.